The lowest BCUT2D eigenvalue weighted by atomic mass is 9.72. The third-order valence-electron chi connectivity index (χ3n) is 5.74. The highest BCUT2D eigenvalue weighted by molar-refractivity contribution is 6.56. The molecule has 0 saturated carbocycles. The second kappa shape index (κ2) is 8.48. The van der Waals surface area contributed by atoms with Gasteiger partial charge in [0.15, 0.2) is 7.28 Å². The molecular formula is C25H21BF2N3O3. The van der Waals surface area contributed by atoms with Crippen LogP contribution in [-0.2, 0) is 11.2 Å². The minimum Gasteiger partial charge on any atom is -0.481 e. The molecule has 0 spiro atoms. The van der Waals surface area contributed by atoms with Crippen LogP contribution in [0.3, 0.4) is 0 Å². The van der Waals surface area contributed by atoms with Crippen LogP contribution >= 0.6 is 0 Å². The number of halogens is 2. The first-order valence-electron chi connectivity index (χ1n) is 10.9. The number of ether oxygens (including phenoxy) is 1. The van der Waals surface area contributed by atoms with Gasteiger partial charge in [0.25, 0.3) is 0 Å². The number of carboxylic acids is 1. The van der Waals surface area contributed by atoms with Crippen molar-refractivity contribution in [2.24, 2.45) is 0 Å². The highest BCUT2D eigenvalue weighted by atomic mass is 19.3. The summed E-state index contributed by atoms with van der Waals surface area (Å²) in [6.07, 6.45) is -2.56. The highest BCUT2D eigenvalue weighted by Gasteiger charge is 2.28. The van der Waals surface area contributed by atoms with Crippen LogP contribution in [0.25, 0.3) is 11.0 Å². The molecule has 9 heteroatoms. The molecule has 0 saturated heterocycles. The zero-order chi connectivity index (χ0) is 23.9. The van der Waals surface area contributed by atoms with Gasteiger partial charge in [-0.05, 0) is 53.8 Å². The van der Waals surface area contributed by atoms with E-state index in [2.05, 4.69) is 34.0 Å². The third-order valence-corrected chi connectivity index (χ3v) is 5.74. The van der Waals surface area contributed by atoms with E-state index in [-0.39, 0.29) is 18.2 Å². The summed E-state index contributed by atoms with van der Waals surface area (Å²) in [4.78, 5) is 15.9. The number of rotatable bonds is 7. The van der Waals surface area contributed by atoms with E-state index in [1.54, 1.807) is 24.3 Å². The molecule has 2 N–H and O–H groups in total. The van der Waals surface area contributed by atoms with Gasteiger partial charge in [0.1, 0.15) is 5.75 Å². The fourth-order valence-corrected chi connectivity index (χ4v) is 4.39. The van der Waals surface area contributed by atoms with E-state index in [0.717, 1.165) is 11.8 Å². The largest absolute Gasteiger partial charge is 0.481 e. The standard InChI is InChI=1S/C25H21BF2N3O3/c1-25(27,28)34-17-9-7-16(8-10-17)29-24-30-20-12-15(13-23(32)33)6-11-21(20)31(24)22-14-26-19-5-3-2-4-18(19)22/h2-12,22H,13-14H2,1H3,(H,29,30)(H,32,33). The van der Waals surface area contributed by atoms with Gasteiger partial charge in [-0.15, -0.1) is 0 Å². The first-order chi connectivity index (χ1) is 16.3. The van der Waals surface area contributed by atoms with Crippen LogP contribution in [0, 0.1) is 0 Å². The fraction of sp³-hybridized carbons (Fsp3) is 0.200. The predicted molar refractivity (Wildman–Crippen MR) is 127 cm³/mol. The van der Waals surface area contributed by atoms with Gasteiger partial charge >= 0.3 is 12.1 Å². The van der Waals surface area contributed by atoms with Crippen LogP contribution < -0.4 is 15.5 Å². The van der Waals surface area contributed by atoms with Crippen LogP contribution in [0.4, 0.5) is 20.4 Å². The molecule has 1 radical (unpaired) electrons. The van der Waals surface area contributed by atoms with E-state index < -0.39 is 12.1 Å². The number of fused-ring (bicyclic) bond motifs is 2. The Morgan fingerprint density at radius 3 is 2.71 bits per heavy atom. The lowest BCUT2D eigenvalue weighted by Crippen LogP contribution is -2.19. The quantitative estimate of drug-likeness (QED) is 0.390. The Balaban J connectivity index is 1.55. The molecule has 171 valence electrons. The molecule has 34 heavy (non-hydrogen) atoms. The number of hydrogen-bond acceptors (Lipinski definition) is 4. The Morgan fingerprint density at radius 1 is 1.21 bits per heavy atom. The van der Waals surface area contributed by atoms with Crippen molar-refractivity contribution in [1.82, 2.24) is 9.55 Å². The molecular weight excluding hydrogens is 439 g/mol. The number of aromatic nitrogens is 2. The van der Waals surface area contributed by atoms with Crippen LogP contribution in [0.15, 0.2) is 66.7 Å². The molecule has 1 aliphatic rings. The normalized spacial score (nSPS) is 15.1. The van der Waals surface area contributed by atoms with Gasteiger partial charge in [-0.1, -0.05) is 35.8 Å². The van der Waals surface area contributed by atoms with Gasteiger partial charge in [0, 0.05) is 12.6 Å². The molecule has 0 aliphatic carbocycles. The Labute approximate surface area is 195 Å². The van der Waals surface area contributed by atoms with Gasteiger partial charge in [-0.3, -0.25) is 4.79 Å². The highest BCUT2D eigenvalue weighted by Crippen LogP contribution is 2.35. The second-order valence-electron chi connectivity index (χ2n) is 8.34. The van der Waals surface area contributed by atoms with Gasteiger partial charge < -0.3 is 19.7 Å². The summed E-state index contributed by atoms with van der Waals surface area (Å²) in [5.74, 6) is -0.271. The van der Waals surface area contributed by atoms with E-state index in [1.165, 1.54) is 23.2 Å². The first-order valence-corrected chi connectivity index (χ1v) is 10.9. The average molecular weight is 460 g/mol. The number of benzene rings is 3. The molecule has 3 aromatic carbocycles. The van der Waals surface area contributed by atoms with Gasteiger partial charge in [0.2, 0.25) is 5.95 Å². The van der Waals surface area contributed by atoms with Crippen molar-refractivity contribution in [3.05, 3.63) is 77.9 Å². The molecule has 0 fully saturated rings. The molecule has 1 aliphatic heterocycles. The number of hydrogen-bond donors (Lipinski definition) is 2. The van der Waals surface area contributed by atoms with Crippen molar-refractivity contribution < 1.29 is 23.4 Å². The molecule has 5 rings (SSSR count). The lowest BCUT2D eigenvalue weighted by Gasteiger charge is -2.19. The summed E-state index contributed by atoms with van der Waals surface area (Å²) < 4.78 is 33.0. The lowest BCUT2D eigenvalue weighted by molar-refractivity contribution is -0.159. The maximum Gasteiger partial charge on any atom is 0.394 e. The first kappa shape index (κ1) is 21.9. The SMILES string of the molecule is CC(F)(F)Oc1ccc(Nc2nc3cc(CC(=O)O)ccc3n2C2C[B]c3ccccc32)cc1. The second-order valence-corrected chi connectivity index (χ2v) is 8.34. The Hall–Kier alpha value is -3.88. The monoisotopic (exact) mass is 460 g/mol. The summed E-state index contributed by atoms with van der Waals surface area (Å²) in [6, 6.07) is 19.9. The van der Waals surface area contributed by atoms with Crippen LogP contribution in [0.2, 0.25) is 6.32 Å². The van der Waals surface area contributed by atoms with Crippen molar-refractivity contribution in [2.75, 3.05) is 5.32 Å². The average Bonchev–Trinajstić information content (AvgIpc) is 3.34. The van der Waals surface area contributed by atoms with Gasteiger partial charge in [0.05, 0.1) is 23.5 Å². The van der Waals surface area contributed by atoms with Crippen molar-refractivity contribution in [2.45, 2.75) is 31.8 Å². The Bertz CT molecular complexity index is 1370. The van der Waals surface area contributed by atoms with E-state index in [0.29, 0.717) is 29.6 Å². The maximum absolute atomic E-state index is 13.1. The summed E-state index contributed by atoms with van der Waals surface area (Å²) in [5.41, 5.74) is 5.22. The van der Waals surface area contributed by atoms with Crippen molar-refractivity contribution in [1.29, 1.82) is 0 Å². The molecule has 6 nitrogen and oxygen atoms in total. The molecule has 4 aromatic rings. The number of carbonyl (C=O) groups is 1. The van der Waals surface area contributed by atoms with Gasteiger partial charge in [-0.2, -0.15) is 8.78 Å². The smallest absolute Gasteiger partial charge is 0.394 e. The van der Waals surface area contributed by atoms with E-state index >= 15 is 0 Å². The Morgan fingerprint density at radius 2 is 1.97 bits per heavy atom. The van der Waals surface area contributed by atoms with Crippen LogP contribution in [0.5, 0.6) is 5.75 Å². The third kappa shape index (κ3) is 4.46. The summed E-state index contributed by atoms with van der Waals surface area (Å²) >= 11 is 0. The number of anilines is 2. The number of imidazole rings is 1. The maximum atomic E-state index is 13.1. The van der Waals surface area contributed by atoms with Crippen LogP contribution in [-0.4, -0.2) is 34.0 Å². The van der Waals surface area contributed by atoms with Gasteiger partial charge in [-0.25, -0.2) is 4.98 Å². The van der Waals surface area contributed by atoms with Crippen molar-refractivity contribution >= 4 is 41.4 Å². The zero-order valence-electron chi connectivity index (χ0n) is 18.3. The summed E-state index contributed by atoms with van der Waals surface area (Å²) in [7, 11) is 2.19. The molecule has 1 unspecified atom stereocenters. The molecule has 1 aromatic heterocycles. The Kier molecular flexibility index (Phi) is 5.47. The molecule has 0 amide bonds. The number of nitrogens with zero attached hydrogens (tertiary/aromatic N) is 2. The van der Waals surface area contributed by atoms with Crippen LogP contribution in [0.1, 0.15) is 24.1 Å². The number of nitrogens with one attached hydrogen (secondary N) is 1. The van der Waals surface area contributed by atoms with E-state index in [9.17, 15) is 13.6 Å². The summed E-state index contributed by atoms with van der Waals surface area (Å²) in [5, 5.41) is 12.5. The minimum absolute atomic E-state index is 0.00964. The zero-order valence-corrected chi connectivity index (χ0v) is 18.3. The van der Waals surface area contributed by atoms with Crippen molar-refractivity contribution in [3.63, 3.8) is 0 Å². The molecule has 0 bridgehead atoms. The number of alkyl halides is 2. The van der Waals surface area contributed by atoms with Crippen molar-refractivity contribution in [3.8, 4) is 5.75 Å². The number of carboxylic acid groups (broad SMARTS) is 1. The van der Waals surface area contributed by atoms with E-state index in [4.69, 9.17) is 10.1 Å². The fourth-order valence-electron chi connectivity index (χ4n) is 4.39. The molecule has 1 atom stereocenters. The predicted octanol–water partition coefficient (Wildman–Crippen LogP) is 4.75. The minimum atomic E-state index is -3.26. The molecule has 2 heterocycles. The summed E-state index contributed by atoms with van der Waals surface area (Å²) in [6.45, 7) is 0.691. The number of aliphatic carboxylic acids is 1. The van der Waals surface area contributed by atoms with E-state index in [1.807, 2.05) is 18.2 Å². The topological polar surface area (TPSA) is 76.4 Å².